The maximum Gasteiger partial charge on any atom is 0.0684 e. The Morgan fingerprint density at radius 1 is 0.667 bits per heavy atom. The molecule has 0 bridgehead atoms. The van der Waals surface area contributed by atoms with Gasteiger partial charge in [0.25, 0.3) is 0 Å². The molecule has 1 aromatic carbocycles. The number of benzene rings is 1. The third-order valence-corrected chi connectivity index (χ3v) is 4.34. The van der Waals surface area contributed by atoms with E-state index in [1.165, 1.54) is 76.2 Å². The van der Waals surface area contributed by atoms with Gasteiger partial charge in [0.15, 0.2) is 0 Å². The van der Waals surface area contributed by atoms with E-state index in [1.54, 1.807) is 0 Å². The van der Waals surface area contributed by atoms with E-state index >= 15 is 0 Å². The zero-order valence-corrected chi connectivity index (χ0v) is 13.9. The number of aliphatic hydroxyl groups is 1. The molecular formula is C20H34O. The van der Waals surface area contributed by atoms with Crippen LogP contribution in [0, 0.1) is 0 Å². The van der Waals surface area contributed by atoms with E-state index in [0.29, 0.717) is 0 Å². The SMILES string of the molecule is CCCCCCCCCCCCCc1ccccc1CO. The van der Waals surface area contributed by atoms with Gasteiger partial charge < -0.3 is 5.11 Å². The van der Waals surface area contributed by atoms with Crippen LogP contribution < -0.4 is 0 Å². The summed E-state index contributed by atoms with van der Waals surface area (Å²) in [4.78, 5) is 0. The average molecular weight is 290 g/mol. The first kappa shape index (κ1) is 18.2. The number of unbranched alkanes of at least 4 members (excludes halogenated alkanes) is 10. The molecule has 0 saturated carbocycles. The third-order valence-electron chi connectivity index (χ3n) is 4.34. The molecule has 1 nitrogen and oxygen atoms in total. The fourth-order valence-electron chi connectivity index (χ4n) is 2.94. The van der Waals surface area contributed by atoms with E-state index in [0.717, 1.165) is 12.0 Å². The van der Waals surface area contributed by atoms with Crippen LogP contribution in [-0.2, 0) is 13.0 Å². The highest BCUT2D eigenvalue weighted by atomic mass is 16.3. The van der Waals surface area contributed by atoms with Gasteiger partial charge in [0.2, 0.25) is 0 Å². The van der Waals surface area contributed by atoms with E-state index < -0.39 is 0 Å². The number of hydrogen-bond acceptors (Lipinski definition) is 1. The Bertz CT molecular complexity index is 345. The van der Waals surface area contributed by atoms with Gasteiger partial charge in [-0.3, -0.25) is 0 Å². The summed E-state index contributed by atoms with van der Waals surface area (Å²) in [5.74, 6) is 0. The molecule has 0 unspecified atom stereocenters. The Labute approximate surface area is 131 Å². The smallest absolute Gasteiger partial charge is 0.0684 e. The fourth-order valence-corrected chi connectivity index (χ4v) is 2.94. The van der Waals surface area contributed by atoms with Crippen molar-refractivity contribution in [2.24, 2.45) is 0 Å². The van der Waals surface area contributed by atoms with Crippen molar-refractivity contribution in [3.8, 4) is 0 Å². The summed E-state index contributed by atoms with van der Waals surface area (Å²) < 4.78 is 0. The lowest BCUT2D eigenvalue weighted by Gasteiger charge is -2.07. The Kier molecular flexibility index (Phi) is 11.2. The molecule has 0 radical (unpaired) electrons. The van der Waals surface area contributed by atoms with Gasteiger partial charge in [0, 0.05) is 0 Å². The second-order valence-electron chi connectivity index (χ2n) is 6.21. The maximum atomic E-state index is 9.30. The van der Waals surface area contributed by atoms with Crippen LogP contribution in [0.5, 0.6) is 0 Å². The standard InChI is InChI=1S/C20H34O/c1-2-3-4-5-6-7-8-9-10-11-12-15-19-16-13-14-17-20(19)18-21/h13-14,16-17,21H,2-12,15,18H2,1H3. The van der Waals surface area contributed by atoms with Crippen LogP contribution in [0.1, 0.15) is 88.7 Å². The largest absolute Gasteiger partial charge is 0.392 e. The maximum absolute atomic E-state index is 9.30. The van der Waals surface area contributed by atoms with Gasteiger partial charge in [-0.1, -0.05) is 95.4 Å². The summed E-state index contributed by atoms with van der Waals surface area (Å²) in [5, 5.41) is 9.30. The Morgan fingerprint density at radius 3 is 1.67 bits per heavy atom. The van der Waals surface area contributed by atoms with Gasteiger partial charge in [-0.05, 0) is 24.0 Å². The summed E-state index contributed by atoms with van der Waals surface area (Å²) in [6, 6.07) is 8.28. The van der Waals surface area contributed by atoms with Gasteiger partial charge in [0.1, 0.15) is 0 Å². The van der Waals surface area contributed by atoms with E-state index in [4.69, 9.17) is 0 Å². The third kappa shape index (κ3) is 8.93. The van der Waals surface area contributed by atoms with Crippen LogP contribution in [-0.4, -0.2) is 5.11 Å². The molecule has 0 spiro atoms. The van der Waals surface area contributed by atoms with Crippen molar-refractivity contribution in [1.82, 2.24) is 0 Å². The van der Waals surface area contributed by atoms with Crippen molar-refractivity contribution in [3.05, 3.63) is 35.4 Å². The van der Waals surface area contributed by atoms with Crippen molar-refractivity contribution < 1.29 is 5.11 Å². The molecule has 0 fully saturated rings. The molecule has 0 aliphatic carbocycles. The lowest BCUT2D eigenvalue weighted by molar-refractivity contribution is 0.280. The average Bonchev–Trinajstić information content (AvgIpc) is 2.53. The van der Waals surface area contributed by atoms with E-state index in [2.05, 4.69) is 19.1 Å². The predicted octanol–water partition coefficient (Wildman–Crippen LogP) is 6.03. The molecule has 1 rings (SSSR count). The highest BCUT2D eigenvalue weighted by molar-refractivity contribution is 5.26. The fraction of sp³-hybridized carbons (Fsp3) is 0.700. The minimum Gasteiger partial charge on any atom is -0.392 e. The van der Waals surface area contributed by atoms with E-state index in [-0.39, 0.29) is 6.61 Å². The summed E-state index contributed by atoms with van der Waals surface area (Å²) in [6.45, 7) is 2.45. The van der Waals surface area contributed by atoms with Crippen molar-refractivity contribution >= 4 is 0 Å². The molecular weight excluding hydrogens is 256 g/mol. The summed E-state index contributed by atoms with van der Waals surface area (Å²) in [7, 11) is 0. The number of aliphatic hydroxyl groups excluding tert-OH is 1. The van der Waals surface area contributed by atoms with Crippen LogP contribution >= 0.6 is 0 Å². The minimum atomic E-state index is 0.175. The van der Waals surface area contributed by atoms with Crippen molar-refractivity contribution in [3.63, 3.8) is 0 Å². The van der Waals surface area contributed by atoms with Gasteiger partial charge >= 0.3 is 0 Å². The first-order valence-electron chi connectivity index (χ1n) is 9.06. The van der Waals surface area contributed by atoms with Gasteiger partial charge in [0.05, 0.1) is 6.61 Å². The van der Waals surface area contributed by atoms with Crippen molar-refractivity contribution in [1.29, 1.82) is 0 Å². The second-order valence-corrected chi connectivity index (χ2v) is 6.21. The molecule has 21 heavy (non-hydrogen) atoms. The Hall–Kier alpha value is -0.820. The minimum absolute atomic E-state index is 0.175. The number of hydrogen-bond donors (Lipinski definition) is 1. The Morgan fingerprint density at radius 2 is 1.14 bits per heavy atom. The summed E-state index contributed by atoms with van der Waals surface area (Å²) in [5.41, 5.74) is 2.43. The van der Waals surface area contributed by atoms with Crippen molar-refractivity contribution in [2.45, 2.75) is 90.6 Å². The van der Waals surface area contributed by atoms with Crippen LogP contribution in [0.25, 0.3) is 0 Å². The molecule has 0 aliphatic rings. The first-order valence-corrected chi connectivity index (χ1v) is 9.06. The summed E-state index contributed by atoms with van der Waals surface area (Å²) in [6.07, 6.45) is 16.4. The van der Waals surface area contributed by atoms with Crippen LogP contribution in [0.4, 0.5) is 0 Å². The molecule has 0 amide bonds. The highest BCUT2D eigenvalue weighted by Crippen LogP contribution is 2.15. The quantitative estimate of drug-likeness (QED) is 0.440. The molecule has 0 heterocycles. The molecule has 0 atom stereocenters. The first-order chi connectivity index (χ1) is 10.4. The Balaban J connectivity index is 1.93. The lowest BCUT2D eigenvalue weighted by atomic mass is 10.0. The number of aryl methyl sites for hydroxylation is 1. The summed E-state index contributed by atoms with van der Waals surface area (Å²) >= 11 is 0. The highest BCUT2D eigenvalue weighted by Gasteiger charge is 2.00. The zero-order chi connectivity index (χ0) is 15.2. The second kappa shape index (κ2) is 12.9. The zero-order valence-electron chi connectivity index (χ0n) is 13.9. The molecule has 1 N–H and O–H groups in total. The van der Waals surface area contributed by atoms with Gasteiger partial charge in [-0.15, -0.1) is 0 Å². The van der Waals surface area contributed by atoms with E-state index in [9.17, 15) is 5.11 Å². The molecule has 1 aromatic rings. The molecule has 0 saturated heterocycles. The monoisotopic (exact) mass is 290 g/mol. The van der Waals surface area contributed by atoms with Crippen LogP contribution in [0.3, 0.4) is 0 Å². The van der Waals surface area contributed by atoms with Crippen LogP contribution in [0.15, 0.2) is 24.3 Å². The normalized spacial score (nSPS) is 11.0. The molecule has 120 valence electrons. The van der Waals surface area contributed by atoms with Gasteiger partial charge in [-0.25, -0.2) is 0 Å². The van der Waals surface area contributed by atoms with Crippen LogP contribution in [0.2, 0.25) is 0 Å². The molecule has 0 aliphatic heterocycles. The predicted molar refractivity (Wildman–Crippen MR) is 92.5 cm³/mol. The molecule has 1 heteroatoms. The lowest BCUT2D eigenvalue weighted by Crippen LogP contribution is -1.94. The van der Waals surface area contributed by atoms with E-state index in [1.807, 2.05) is 12.1 Å². The number of rotatable bonds is 13. The van der Waals surface area contributed by atoms with Gasteiger partial charge in [-0.2, -0.15) is 0 Å². The molecule has 0 aromatic heterocycles. The topological polar surface area (TPSA) is 20.2 Å². The van der Waals surface area contributed by atoms with Crippen molar-refractivity contribution in [2.75, 3.05) is 0 Å².